The lowest BCUT2D eigenvalue weighted by Gasteiger charge is -2.32. The summed E-state index contributed by atoms with van der Waals surface area (Å²) in [6.45, 7) is 5.19. The summed E-state index contributed by atoms with van der Waals surface area (Å²) in [5.41, 5.74) is 3.57. The van der Waals surface area contributed by atoms with E-state index < -0.39 is 0 Å². The molecular weight excluding hydrogens is 344 g/mol. The largest absolute Gasteiger partial charge is 0.339 e. The third-order valence-electron chi connectivity index (χ3n) is 6.32. The molecule has 2 aromatic rings. The first-order valence-electron chi connectivity index (χ1n) is 10.9. The highest BCUT2D eigenvalue weighted by molar-refractivity contribution is 5.94. The van der Waals surface area contributed by atoms with E-state index in [1.54, 1.807) is 0 Å². The van der Waals surface area contributed by atoms with Gasteiger partial charge in [0.1, 0.15) is 0 Å². The lowest BCUT2D eigenvalue weighted by atomic mass is 9.90. The number of piperidine rings is 2. The van der Waals surface area contributed by atoms with Crippen LogP contribution in [0, 0.1) is 5.92 Å². The van der Waals surface area contributed by atoms with Gasteiger partial charge in [-0.05, 0) is 74.4 Å². The Kier molecular flexibility index (Phi) is 6.43. The monoisotopic (exact) mass is 376 g/mol. The zero-order valence-electron chi connectivity index (χ0n) is 16.9. The van der Waals surface area contributed by atoms with E-state index in [1.165, 1.54) is 43.5 Å². The molecule has 1 amide bonds. The number of likely N-dealkylation sites (tertiary alicyclic amines) is 2. The van der Waals surface area contributed by atoms with Crippen LogP contribution in [0.1, 0.15) is 53.6 Å². The molecule has 0 spiro atoms. The van der Waals surface area contributed by atoms with Crippen molar-refractivity contribution in [2.75, 3.05) is 26.2 Å². The summed E-state index contributed by atoms with van der Waals surface area (Å²) in [7, 11) is 0. The van der Waals surface area contributed by atoms with Crippen molar-refractivity contribution in [3.05, 3.63) is 71.3 Å². The Hall–Kier alpha value is -2.13. The van der Waals surface area contributed by atoms with Crippen LogP contribution in [-0.4, -0.2) is 41.9 Å². The van der Waals surface area contributed by atoms with Crippen LogP contribution >= 0.6 is 0 Å². The Balaban J connectivity index is 1.27. The zero-order valence-corrected chi connectivity index (χ0v) is 16.9. The van der Waals surface area contributed by atoms with Gasteiger partial charge in [0.2, 0.25) is 0 Å². The number of carbonyl (C=O) groups is 1. The molecule has 0 bridgehead atoms. The van der Waals surface area contributed by atoms with E-state index in [4.69, 9.17) is 0 Å². The van der Waals surface area contributed by atoms with Crippen LogP contribution in [0.15, 0.2) is 54.6 Å². The fourth-order valence-electron chi connectivity index (χ4n) is 4.60. The second kappa shape index (κ2) is 9.38. The molecule has 4 rings (SSSR count). The summed E-state index contributed by atoms with van der Waals surface area (Å²) in [5.74, 6) is 0.890. The van der Waals surface area contributed by atoms with Crippen LogP contribution in [0.3, 0.4) is 0 Å². The molecule has 2 saturated heterocycles. The second-order valence-corrected chi connectivity index (χ2v) is 8.46. The van der Waals surface area contributed by atoms with E-state index in [-0.39, 0.29) is 5.91 Å². The van der Waals surface area contributed by atoms with Gasteiger partial charge in [0, 0.05) is 25.2 Å². The van der Waals surface area contributed by atoms with E-state index in [2.05, 4.69) is 47.4 Å². The van der Waals surface area contributed by atoms with Crippen LogP contribution in [0.25, 0.3) is 0 Å². The van der Waals surface area contributed by atoms with E-state index in [1.807, 2.05) is 17.0 Å². The third-order valence-corrected chi connectivity index (χ3v) is 6.32. The van der Waals surface area contributed by atoms with Gasteiger partial charge in [-0.2, -0.15) is 0 Å². The van der Waals surface area contributed by atoms with Crippen LogP contribution < -0.4 is 0 Å². The van der Waals surface area contributed by atoms with Crippen molar-refractivity contribution < 1.29 is 4.79 Å². The molecular formula is C25H32N2O. The Bertz CT molecular complexity index is 742. The first-order valence-corrected chi connectivity index (χ1v) is 10.9. The highest BCUT2D eigenvalue weighted by Crippen LogP contribution is 2.23. The van der Waals surface area contributed by atoms with E-state index in [0.717, 1.165) is 44.5 Å². The van der Waals surface area contributed by atoms with Gasteiger partial charge < -0.3 is 4.90 Å². The Morgan fingerprint density at radius 3 is 2.14 bits per heavy atom. The number of amides is 1. The van der Waals surface area contributed by atoms with Gasteiger partial charge >= 0.3 is 0 Å². The predicted octanol–water partition coefficient (Wildman–Crippen LogP) is 4.77. The van der Waals surface area contributed by atoms with Crippen molar-refractivity contribution in [2.24, 2.45) is 5.92 Å². The fourth-order valence-corrected chi connectivity index (χ4v) is 4.60. The topological polar surface area (TPSA) is 23.6 Å². The molecule has 0 unspecified atom stereocenters. The van der Waals surface area contributed by atoms with Gasteiger partial charge in [-0.1, -0.05) is 48.9 Å². The minimum absolute atomic E-state index is 0.197. The van der Waals surface area contributed by atoms with Crippen molar-refractivity contribution in [1.82, 2.24) is 9.80 Å². The number of rotatable bonds is 5. The van der Waals surface area contributed by atoms with Gasteiger partial charge in [-0.3, -0.25) is 9.69 Å². The molecule has 0 atom stereocenters. The molecule has 0 aliphatic carbocycles. The highest BCUT2D eigenvalue weighted by atomic mass is 16.2. The Labute approximate surface area is 169 Å². The second-order valence-electron chi connectivity index (χ2n) is 8.46. The van der Waals surface area contributed by atoms with Gasteiger partial charge in [-0.15, -0.1) is 0 Å². The molecule has 0 radical (unpaired) electrons. The SMILES string of the molecule is O=C(c1ccc(CN2CCCCC2)cc1)N1CCC(Cc2ccccc2)CC1. The van der Waals surface area contributed by atoms with Gasteiger partial charge in [0.15, 0.2) is 0 Å². The number of hydrogen-bond donors (Lipinski definition) is 0. The van der Waals surface area contributed by atoms with Gasteiger partial charge in [0.25, 0.3) is 5.91 Å². The summed E-state index contributed by atoms with van der Waals surface area (Å²) in [6, 6.07) is 19.1. The minimum Gasteiger partial charge on any atom is -0.339 e. The molecule has 2 fully saturated rings. The average molecular weight is 377 g/mol. The van der Waals surface area contributed by atoms with E-state index in [0.29, 0.717) is 5.92 Å². The van der Waals surface area contributed by atoms with Crippen LogP contribution in [0.4, 0.5) is 0 Å². The number of benzene rings is 2. The number of hydrogen-bond acceptors (Lipinski definition) is 2. The molecule has 2 heterocycles. The quantitative estimate of drug-likeness (QED) is 0.751. The number of nitrogens with zero attached hydrogens (tertiary/aromatic N) is 2. The van der Waals surface area contributed by atoms with Crippen LogP contribution in [0.2, 0.25) is 0 Å². The molecule has 2 aliphatic rings. The van der Waals surface area contributed by atoms with Crippen molar-refractivity contribution in [1.29, 1.82) is 0 Å². The lowest BCUT2D eigenvalue weighted by molar-refractivity contribution is 0.0690. The first-order chi connectivity index (χ1) is 13.8. The molecule has 3 heteroatoms. The predicted molar refractivity (Wildman–Crippen MR) is 114 cm³/mol. The van der Waals surface area contributed by atoms with E-state index >= 15 is 0 Å². The Morgan fingerprint density at radius 1 is 0.786 bits per heavy atom. The zero-order chi connectivity index (χ0) is 19.2. The molecule has 0 saturated carbocycles. The van der Waals surface area contributed by atoms with Crippen molar-refractivity contribution in [3.8, 4) is 0 Å². The summed E-state index contributed by atoms with van der Waals surface area (Å²) in [5, 5.41) is 0. The Morgan fingerprint density at radius 2 is 1.46 bits per heavy atom. The van der Waals surface area contributed by atoms with Crippen molar-refractivity contribution in [3.63, 3.8) is 0 Å². The van der Waals surface area contributed by atoms with Crippen LogP contribution in [-0.2, 0) is 13.0 Å². The van der Waals surface area contributed by atoms with Gasteiger partial charge in [0.05, 0.1) is 0 Å². The number of carbonyl (C=O) groups excluding carboxylic acids is 1. The standard InChI is InChI=1S/C25H32N2O/c28-25(24-11-9-23(10-12-24)20-26-15-5-2-6-16-26)27-17-13-22(14-18-27)19-21-7-3-1-4-8-21/h1,3-4,7-12,22H,2,5-6,13-20H2. The molecule has 2 aliphatic heterocycles. The van der Waals surface area contributed by atoms with Crippen LogP contribution in [0.5, 0.6) is 0 Å². The fraction of sp³-hybridized carbons (Fsp3) is 0.480. The maximum absolute atomic E-state index is 12.9. The average Bonchev–Trinajstić information content (AvgIpc) is 2.76. The molecule has 2 aromatic carbocycles. The lowest BCUT2D eigenvalue weighted by Crippen LogP contribution is -2.38. The summed E-state index contributed by atoms with van der Waals surface area (Å²) in [4.78, 5) is 17.4. The third kappa shape index (κ3) is 5.02. The molecule has 0 N–H and O–H groups in total. The summed E-state index contributed by atoms with van der Waals surface area (Å²) < 4.78 is 0. The maximum Gasteiger partial charge on any atom is 0.253 e. The maximum atomic E-state index is 12.9. The summed E-state index contributed by atoms with van der Waals surface area (Å²) in [6.07, 6.45) is 7.34. The summed E-state index contributed by atoms with van der Waals surface area (Å²) >= 11 is 0. The van der Waals surface area contributed by atoms with Crippen molar-refractivity contribution >= 4 is 5.91 Å². The highest BCUT2D eigenvalue weighted by Gasteiger charge is 2.23. The van der Waals surface area contributed by atoms with Gasteiger partial charge in [-0.25, -0.2) is 0 Å². The van der Waals surface area contributed by atoms with E-state index in [9.17, 15) is 4.79 Å². The van der Waals surface area contributed by atoms with Crippen molar-refractivity contribution in [2.45, 2.75) is 45.1 Å². The molecule has 3 nitrogen and oxygen atoms in total. The normalized spacial score (nSPS) is 18.9. The smallest absolute Gasteiger partial charge is 0.253 e. The molecule has 148 valence electrons. The first kappa shape index (κ1) is 19.2. The molecule has 28 heavy (non-hydrogen) atoms. The minimum atomic E-state index is 0.197. The molecule has 0 aromatic heterocycles.